The summed E-state index contributed by atoms with van der Waals surface area (Å²) >= 11 is 0. The number of furan rings is 1. The third kappa shape index (κ3) is 3.93. The molecule has 2 heterocycles. The van der Waals surface area contributed by atoms with E-state index in [-0.39, 0.29) is 5.76 Å². The second-order valence-corrected chi connectivity index (χ2v) is 6.57. The molecule has 2 aromatic heterocycles. The Kier molecular flexibility index (Phi) is 5.04. The van der Waals surface area contributed by atoms with Crippen LogP contribution in [0, 0.1) is 17.0 Å². The third-order valence-electron chi connectivity index (χ3n) is 4.46. The smallest absolute Gasteiger partial charge is 0.400 e. The van der Waals surface area contributed by atoms with Crippen molar-refractivity contribution in [3.63, 3.8) is 0 Å². The molecular weight excluding hydrogens is 384 g/mol. The molecule has 0 aliphatic carbocycles. The Morgan fingerprint density at radius 2 is 1.90 bits per heavy atom. The first-order chi connectivity index (χ1) is 14.5. The molecule has 0 spiro atoms. The fraction of sp³-hybridized carbons (Fsp3) is 0.0455. The lowest BCUT2D eigenvalue weighted by atomic mass is 10.0. The zero-order chi connectivity index (χ0) is 21.1. The van der Waals surface area contributed by atoms with E-state index in [9.17, 15) is 14.9 Å². The predicted molar refractivity (Wildman–Crippen MR) is 112 cm³/mol. The lowest BCUT2D eigenvalue weighted by molar-refractivity contribution is -0.402. The predicted octanol–water partition coefficient (Wildman–Crippen LogP) is 4.48. The number of hydrogen-bond donors (Lipinski definition) is 1. The zero-order valence-corrected chi connectivity index (χ0v) is 15.9. The molecule has 4 rings (SSSR count). The van der Waals surface area contributed by atoms with E-state index in [1.165, 1.54) is 18.3 Å². The first-order valence-electron chi connectivity index (χ1n) is 9.06. The molecule has 0 unspecified atom stereocenters. The summed E-state index contributed by atoms with van der Waals surface area (Å²) in [7, 11) is 0. The van der Waals surface area contributed by atoms with Crippen LogP contribution >= 0.6 is 0 Å². The maximum atomic E-state index is 12.8. The number of nitrogens with zero attached hydrogens (tertiary/aromatic N) is 3. The van der Waals surface area contributed by atoms with Gasteiger partial charge in [0.25, 0.3) is 5.91 Å². The zero-order valence-electron chi connectivity index (χ0n) is 15.9. The summed E-state index contributed by atoms with van der Waals surface area (Å²) < 4.78 is 4.98. The van der Waals surface area contributed by atoms with Crippen molar-refractivity contribution in [1.82, 2.24) is 10.4 Å². The van der Waals surface area contributed by atoms with Gasteiger partial charge in [0.15, 0.2) is 5.76 Å². The van der Waals surface area contributed by atoms with Crippen LogP contribution in [-0.2, 0) is 0 Å². The number of carbonyl (C=O) groups excluding carboxylic acids is 1. The molecule has 0 atom stereocenters. The molecule has 0 aliphatic heterocycles. The molecular formula is C22H16N4O4. The molecule has 30 heavy (non-hydrogen) atoms. The Hall–Kier alpha value is -4.33. The van der Waals surface area contributed by atoms with Crippen molar-refractivity contribution in [3.8, 4) is 11.3 Å². The van der Waals surface area contributed by atoms with Gasteiger partial charge in [-0.15, -0.1) is 0 Å². The number of hydrogen-bond acceptors (Lipinski definition) is 6. The Balaban J connectivity index is 1.64. The summed E-state index contributed by atoms with van der Waals surface area (Å²) in [5, 5.41) is 15.2. The van der Waals surface area contributed by atoms with Crippen LogP contribution < -0.4 is 5.43 Å². The van der Waals surface area contributed by atoms with Crippen LogP contribution in [0.15, 0.2) is 76.2 Å². The summed E-state index contributed by atoms with van der Waals surface area (Å²) in [5.74, 6) is -0.674. The molecule has 1 N–H and O–H groups in total. The van der Waals surface area contributed by atoms with Crippen molar-refractivity contribution in [3.05, 3.63) is 93.7 Å². The summed E-state index contributed by atoms with van der Waals surface area (Å²) in [6.07, 6.45) is 1.20. The van der Waals surface area contributed by atoms with E-state index in [0.29, 0.717) is 22.2 Å². The van der Waals surface area contributed by atoms with Gasteiger partial charge in [-0.1, -0.05) is 48.0 Å². The highest BCUT2D eigenvalue weighted by Crippen LogP contribution is 2.25. The molecule has 2 aromatic carbocycles. The normalized spacial score (nSPS) is 11.1. The summed E-state index contributed by atoms with van der Waals surface area (Å²) in [6.45, 7) is 2.00. The fourth-order valence-electron chi connectivity index (χ4n) is 2.96. The van der Waals surface area contributed by atoms with E-state index < -0.39 is 16.7 Å². The van der Waals surface area contributed by atoms with Crippen LogP contribution in [0.4, 0.5) is 5.88 Å². The van der Waals surface area contributed by atoms with Gasteiger partial charge in [-0.05, 0) is 25.1 Å². The Morgan fingerprint density at radius 3 is 2.63 bits per heavy atom. The highest BCUT2D eigenvalue weighted by atomic mass is 16.6. The van der Waals surface area contributed by atoms with Crippen molar-refractivity contribution in [2.24, 2.45) is 5.10 Å². The van der Waals surface area contributed by atoms with Gasteiger partial charge >= 0.3 is 5.88 Å². The van der Waals surface area contributed by atoms with E-state index in [2.05, 4.69) is 15.5 Å². The monoisotopic (exact) mass is 400 g/mol. The van der Waals surface area contributed by atoms with E-state index in [1.807, 2.05) is 55.5 Å². The van der Waals surface area contributed by atoms with Gasteiger partial charge in [0.1, 0.15) is 4.92 Å². The van der Waals surface area contributed by atoms with Crippen molar-refractivity contribution in [2.75, 3.05) is 0 Å². The summed E-state index contributed by atoms with van der Waals surface area (Å²) in [6, 6.07) is 19.6. The maximum absolute atomic E-state index is 12.8. The molecule has 1 amide bonds. The van der Waals surface area contributed by atoms with Gasteiger partial charge in [0, 0.05) is 10.9 Å². The molecule has 8 nitrogen and oxygen atoms in total. The third-order valence-corrected chi connectivity index (χ3v) is 4.46. The van der Waals surface area contributed by atoms with Gasteiger partial charge in [-0.2, -0.15) is 5.10 Å². The number of benzene rings is 2. The number of hydrazone groups is 1. The molecule has 8 heteroatoms. The van der Waals surface area contributed by atoms with Crippen LogP contribution in [0.3, 0.4) is 0 Å². The second kappa shape index (κ2) is 7.96. The first kappa shape index (κ1) is 19.0. The standard InChI is InChI=1S/C22H16N4O4/c1-14-6-8-15(9-7-14)20-12-18(17-4-2-3-5-19(17)24-20)22(27)25-23-13-16-10-11-21(30-16)26(28)29/h2-13H,1H3,(H,25,27)/b23-13-. The number of pyridine rings is 1. The number of nitro groups is 1. The number of carbonyl (C=O) groups is 1. The van der Waals surface area contributed by atoms with E-state index >= 15 is 0 Å². The molecule has 0 saturated carbocycles. The van der Waals surface area contributed by atoms with Crippen LogP contribution in [0.1, 0.15) is 21.7 Å². The lowest BCUT2D eigenvalue weighted by Gasteiger charge is -2.09. The summed E-state index contributed by atoms with van der Waals surface area (Å²) in [4.78, 5) is 27.5. The minimum atomic E-state index is -0.647. The average molecular weight is 400 g/mol. The van der Waals surface area contributed by atoms with E-state index in [0.717, 1.165) is 11.1 Å². The van der Waals surface area contributed by atoms with Crippen LogP contribution in [0.25, 0.3) is 22.2 Å². The van der Waals surface area contributed by atoms with Crippen molar-refractivity contribution in [2.45, 2.75) is 6.92 Å². The Morgan fingerprint density at radius 1 is 1.13 bits per heavy atom. The van der Waals surface area contributed by atoms with Crippen molar-refractivity contribution in [1.29, 1.82) is 0 Å². The quantitative estimate of drug-likeness (QED) is 0.302. The lowest BCUT2D eigenvalue weighted by Crippen LogP contribution is -2.18. The Bertz CT molecular complexity index is 1280. The second-order valence-electron chi connectivity index (χ2n) is 6.57. The topological polar surface area (TPSA) is 111 Å². The largest absolute Gasteiger partial charge is 0.433 e. The highest BCUT2D eigenvalue weighted by Gasteiger charge is 2.14. The van der Waals surface area contributed by atoms with E-state index in [1.54, 1.807) is 6.07 Å². The Labute approximate surface area is 171 Å². The molecule has 0 bridgehead atoms. The van der Waals surface area contributed by atoms with Gasteiger partial charge < -0.3 is 4.42 Å². The number of nitrogens with one attached hydrogen (secondary N) is 1. The number of aromatic nitrogens is 1. The molecule has 0 aliphatic rings. The number of para-hydroxylation sites is 1. The minimum absolute atomic E-state index is 0.155. The van der Waals surface area contributed by atoms with Gasteiger partial charge in [-0.25, -0.2) is 10.4 Å². The van der Waals surface area contributed by atoms with Crippen molar-refractivity contribution < 1.29 is 14.1 Å². The molecule has 0 radical (unpaired) electrons. The number of fused-ring (bicyclic) bond motifs is 1. The molecule has 0 saturated heterocycles. The van der Waals surface area contributed by atoms with Crippen LogP contribution in [0.2, 0.25) is 0 Å². The molecule has 148 valence electrons. The summed E-state index contributed by atoms with van der Waals surface area (Å²) in [5.41, 5.74) is 6.24. The highest BCUT2D eigenvalue weighted by molar-refractivity contribution is 6.07. The minimum Gasteiger partial charge on any atom is -0.400 e. The SMILES string of the molecule is Cc1ccc(-c2cc(C(=O)N/N=C\c3ccc([N+](=O)[O-])o3)c3ccccc3n2)cc1. The van der Waals surface area contributed by atoms with Crippen LogP contribution in [-0.4, -0.2) is 22.0 Å². The number of amides is 1. The van der Waals surface area contributed by atoms with Gasteiger partial charge in [0.05, 0.1) is 29.1 Å². The maximum Gasteiger partial charge on any atom is 0.433 e. The number of rotatable bonds is 5. The first-order valence-corrected chi connectivity index (χ1v) is 9.06. The number of aryl methyl sites for hydroxylation is 1. The van der Waals surface area contributed by atoms with Crippen LogP contribution in [0.5, 0.6) is 0 Å². The fourth-order valence-corrected chi connectivity index (χ4v) is 2.96. The van der Waals surface area contributed by atoms with E-state index in [4.69, 9.17) is 4.42 Å². The average Bonchev–Trinajstić information content (AvgIpc) is 3.23. The molecule has 4 aromatic rings. The van der Waals surface area contributed by atoms with Gasteiger partial charge in [0.2, 0.25) is 0 Å². The molecule has 0 fully saturated rings. The van der Waals surface area contributed by atoms with Gasteiger partial charge in [-0.3, -0.25) is 14.9 Å². The van der Waals surface area contributed by atoms with Crippen molar-refractivity contribution >= 4 is 28.9 Å².